The van der Waals surface area contributed by atoms with E-state index in [2.05, 4.69) is 0 Å². The van der Waals surface area contributed by atoms with E-state index >= 15 is 0 Å². The first-order chi connectivity index (χ1) is 7.11. The smallest absolute Gasteiger partial charge is 0.194 e. The van der Waals surface area contributed by atoms with Gasteiger partial charge < -0.3 is 0 Å². The lowest BCUT2D eigenvalue weighted by Crippen LogP contribution is -2.49. The van der Waals surface area contributed by atoms with Gasteiger partial charge in [-0.15, -0.1) is 0 Å². The Morgan fingerprint density at radius 1 is 0.812 bits per heavy atom. The van der Waals surface area contributed by atoms with E-state index in [1.807, 2.05) is 0 Å². The molecule has 1 rings (SSSR count). The van der Waals surface area contributed by atoms with Crippen molar-refractivity contribution in [1.29, 1.82) is 0 Å². The summed E-state index contributed by atoms with van der Waals surface area (Å²) in [6.07, 6.45) is 0. The average Bonchev–Trinajstić information content (AvgIpc) is 2.17. The quantitative estimate of drug-likeness (QED) is 0.428. The Kier molecular flexibility index (Phi) is 3.47. The summed E-state index contributed by atoms with van der Waals surface area (Å²) in [5.74, 6) is -10.4. The van der Waals surface area contributed by atoms with Crippen LogP contribution in [0.2, 0.25) is 0 Å². The molecule has 0 atom stereocenters. The molecule has 0 radical (unpaired) electrons. The molecule has 0 aromatic heterocycles. The van der Waals surface area contributed by atoms with Gasteiger partial charge in [0.05, 0.1) is 0 Å². The number of alkyl halides is 7. The third-order valence-corrected chi connectivity index (χ3v) is 2.56. The molecule has 0 fully saturated rings. The van der Waals surface area contributed by atoms with Crippen LogP contribution in [0.3, 0.4) is 0 Å². The fourth-order valence-electron chi connectivity index (χ4n) is 1.01. The van der Waals surface area contributed by atoms with Gasteiger partial charge in [0.15, 0.2) is 0 Å². The van der Waals surface area contributed by atoms with E-state index in [1.165, 1.54) is 6.07 Å². The maximum atomic E-state index is 13.2. The first-order valence-corrected chi connectivity index (χ1v) is 5.06. The highest BCUT2D eigenvalue weighted by Gasteiger charge is 2.71. The van der Waals surface area contributed by atoms with E-state index in [1.54, 1.807) is 0 Å². The van der Waals surface area contributed by atoms with Crippen molar-refractivity contribution in [3.63, 3.8) is 0 Å². The van der Waals surface area contributed by atoms with Crippen LogP contribution in [0.1, 0.15) is 5.56 Å². The van der Waals surface area contributed by atoms with E-state index in [-0.39, 0.29) is 22.6 Å². The number of halogens is 7. The highest BCUT2D eigenvalue weighted by Crippen LogP contribution is 2.53. The van der Waals surface area contributed by atoms with Crippen LogP contribution in [0.5, 0.6) is 0 Å². The highest BCUT2D eigenvalue weighted by molar-refractivity contribution is 14.1. The van der Waals surface area contributed by atoms with Crippen LogP contribution in [-0.4, -0.2) is 9.85 Å². The van der Waals surface area contributed by atoms with E-state index in [4.69, 9.17) is 0 Å². The second-order valence-corrected chi connectivity index (χ2v) is 4.37. The summed E-state index contributed by atoms with van der Waals surface area (Å²) in [6.45, 7) is 0. The molecule has 0 nitrogen and oxygen atoms in total. The summed E-state index contributed by atoms with van der Waals surface area (Å²) in [5.41, 5.74) is -1.14. The summed E-state index contributed by atoms with van der Waals surface area (Å²) in [6, 6.07) is 4.82. The predicted molar refractivity (Wildman–Crippen MR) is 54.3 cm³/mol. The molecular weight excluding hydrogens is 349 g/mol. The third-order valence-electron chi connectivity index (χ3n) is 1.89. The van der Waals surface area contributed by atoms with E-state index in [0.717, 1.165) is 12.1 Å². The minimum atomic E-state index is -5.44. The number of hydrogen-bond donors (Lipinski definition) is 0. The molecule has 0 saturated carbocycles. The molecule has 0 spiro atoms. The Bertz CT molecular complexity index is 356. The minimum absolute atomic E-state index is 0.00805. The standard InChI is InChI=1S/C9H5F6I/c10-7(11,6-4-2-1-3-5-6)8(12,13)9(14,15)16/h1-5H. The first kappa shape index (κ1) is 13.6. The van der Waals surface area contributed by atoms with E-state index in [9.17, 15) is 26.3 Å². The zero-order valence-corrected chi connectivity index (χ0v) is 9.69. The Morgan fingerprint density at radius 2 is 1.25 bits per heavy atom. The van der Waals surface area contributed by atoms with Gasteiger partial charge in [-0.25, -0.2) is 0 Å². The molecule has 1 aromatic carbocycles. The maximum absolute atomic E-state index is 13.2. The van der Waals surface area contributed by atoms with Crippen LogP contribution in [0.25, 0.3) is 0 Å². The molecule has 0 saturated heterocycles. The molecule has 7 heteroatoms. The van der Waals surface area contributed by atoms with E-state index in [0.29, 0.717) is 12.1 Å². The van der Waals surface area contributed by atoms with Gasteiger partial charge in [0, 0.05) is 28.2 Å². The van der Waals surface area contributed by atoms with Gasteiger partial charge in [-0.3, -0.25) is 0 Å². The lowest BCUT2D eigenvalue weighted by Gasteiger charge is -2.29. The summed E-state index contributed by atoms with van der Waals surface area (Å²) in [7, 11) is 0. The highest BCUT2D eigenvalue weighted by atomic mass is 127. The fourth-order valence-corrected chi connectivity index (χ4v) is 1.35. The van der Waals surface area contributed by atoms with Gasteiger partial charge in [-0.1, -0.05) is 30.3 Å². The molecule has 0 bridgehead atoms. The summed E-state index contributed by atoms with van der Waals surface area (Å²) >= 11 is 0.00805. The molecule has 0 heterocycles. The third kappa shape index (κ3) is 2.14. The van der Waals surface area contributed by atoms with E-state index < -0.39 is 21.3 Å². The molecule has 0 amide bonds. The molecule has 0 aliphatic carbocycles. The zero-order valence-electron chi connectivity index (χ0n) is 7.53. The summed E-state index contributed by atoms with van der Waals surface area (Å²) in [4.78, 5) is 0. The lowest BCUT2D eigenvalue weighted by molar-refractivity contribution is -0.276. The van der Waals surface area contributed by atoms with Gasteiger partial charge in [-0.2, -0.15) is 26.3 Å². The van der Waals surface area contributed by atoms with Crippen LogP contribution in [0.4, 0.5) is 26.3 Å². The molecule has 0 N–H and O–H groups in total. The average molecular weight is 354 g/mol. The van der Waals surface area contributed by atoms with Crippen LogP contribution in [0.15, 0.2) is 30.3 Å². The van der Waals surface area contributed by atoms with Crippen molar-refractivity contribution in [1.82, 2.24) is 0 Å². The largest absolute Gasteiger partial charge is 0.385 e. The first-order valence-electron chi connectivity index (χ1n) is 3.98. The molecular formula is C9H5F6I. The summed E-state index contributed by atoms with van der Waals surface area (Å²) in [5, 5.41) is 0. The number of rotatable bonds is 3. The van der Waals surface area contributed by atoms with Crippen LogP contribution >= 0.6 is 22.6 Å². The van der Waals surface area contributed by atoms with Crippen molar-refractivity contribution in [3.8, 4) is 0 Å². The normalized spacial score (nSPS) is 13.9. The van der Waals surface area contributed by atoms with Crippen molar-refractivity contribution in [3.05, 3.63) is 35.9 Å². The topological polar surface area (TPSA) is 0 Å². The Balaban J connectivity index is 3.22. The van der Waals surface area contributed by atoms with Crippen LogP contribution in [-0.2, 0) is 5.92 Å². The molecule has 16 heavy (non-hydrogen) atoms. The molecule has 0 unspecified atom stereocenters. The Morgan fingerprint density at radius 3 is 1.62 bits per heavy atom. The number of benzene rings is 1. The van der Waals surface area contributed by atoms with Gasteiger partial charge in [0.25, 0.3) is 0 Å². The number of hydrogen-bond acceptors (Lipinski definition) is 0. The SMILES string of the molecule is FC(F)(I)C(F)(F)C(F)(F)c1ccccc1. The monoisotopic (exact) mass is 354 g/mol. The van der Waals surface area contributed by atoms with Gasteiger partial charge >= 0.3 is 15.8 Å². The van der Waals surface area contributed by atoms with Gasteiger partial charge in [0.2, 0.25) is 0 Å². The van der Waals surface area contributed by atoms with Crippen LogP contribution in [0, 0.1) is 0 Å². The predicted octanol–water partition coefficient (Wildman–Crippen LogP) is 4.44. The van der Waals surface area contributed by atoms with Crippen molar-refractivity contribution in [2.75, 3.05) is 0 Å². The second kappa shape index (κ2) is 4.08. The van der Waals surface area contributed by atoms with Gasteiger partial charge in [0.1, 0.15) is 0 Å². The molecule has 90 valence electrons. The minimum Gasteiger partial charge on any atom is -0.194 e. The zero-order chi connectivity index (χ0) is 12.6. The Labute approximate surface area is 101 Å². The maximum Gasteiger partial charge on any atom is 0.385 e. The molecule has 0 aliphatic heterocycles. The van der Waals surface area contributed by atoms with Gasteiger partial charge in [-0.05, 0) is 0 Å². The Hall–Kier alpha value is -0.470. The second-order valence-electron chi connectivity index (χ2n) is 3.01. The summed E-state index contributed by atoms with van der Waals surface area (Å²) < 4.78 is 72.2. The van der Waals surface area contributed by atoms with Crippen molar-refractivity contribution in [2.45, 2.75) is 15.8 Å². The molecule has 1 aromatic rings. The van der Waals surface area contributed by atoms with Crippen molar-refractivity contribution < 1.29 is 26.3 Å². The van der Waals surface area contributed by atoms with Crippen LogP contribution < -0.4 is 0 Å². The fraction of sp³-hybridized carbons (Fsp3) is 0.333. The molecule has 0 aliphatic rings. The lowest BCUT2D eigenvalue weighted by atomic mass is 10.0. The van der Waals surface area contributed by atoms with Crippen molar-refractivity contribution >= 4 is 22.6 Å². The van der Waals surface area contributed by atoms with Crippen molar-refractivity contribution in [2.24, 2.45) is 0 Å².